The van der Waals surface area contributed by atoms with Crippen molar-refractivity contribution in [2.75, 3.05) is 34.3 Å². The molecule has 0 aliphatic carbocycles. The molecule has 2 rings (SSSR count). The highest BCUT2D eigenvalue weighted by atomic mass is 16.5. The van der Waals surface area contributed by atoms with Crippen molar-refractivity contribution in [1.29, 1.82) is 0 Å². The normalized spacial score (nSPS) is 12.1. The van der Waals surface area contributed by atoms with Gasteiger partial charge in [-0.05, 0) is 24.6 Å². The van der Waals surface area contributed by atoms with Crippen molar-refractivity contribution in [3.8, 4) is 11.5 Å². The maximum Gasteiger partial charge on any atom is 0.241 e. The van der Waals surface area contributed by atoms with E-state index in [0.29, 0.717) is 19.0 Å². The number of guanidine groups is 1. The highest BCUT2D eigenvalue weighted by Crippen LogP contribution is 2.19. The van der Waals surface area contributed by atoms with Gasteiger partial charge >= 0.3 is 0 Å². The van der Waals surface area contributed by atoms with Gasteiger partial charge in [0.2, 0.25) is 5.91 Å². The van der Waals surface area contributed by atoms with Gasteiger partial charge in [0.1, 0.15) is 17.6 Å². The van der Waals surface area contributed by atoms with E-state index in [1.807, 2.05) is 61.5 Å². The Bertz CT molecular complexity index is 794. The minimum atomic E-state index is -0.115. The van der Waals surface area contributed by atoms with E-state index in [-0.39, 0.29) is 18.6 Å². The van der Waals surface area contributed by atoms with Crippen LogP contribution in [-0.4, -0.2) is 57.2 Å². The second kappa shape index (κ2) is 11.6. The Labute approximate surface area is 172 Å². The first-order chi connectivity index (χ1) is 14.0. The van der Waals surface area contributed by atoms with E-state index in [0.717, 1.165) is 17.1 Å². The molecule has 1 atom stereocenters. The fourth-order valence-electron chi connectivity index (χ4n) is 2.43. The first kappa shape index (κ1) is 22.1. The smallest absolute Gasteiger partial charge is 0.241 e. The second-order valence-corrected chi connectivity index (χ2v) is 6.78. The van der Waals surface area contributed by atoms with E-state index >= 15 is 0 Å². The van der Waals surface area contributed by atoms with Crippen LogP contribution in [0.2, 0.25) is 0 Å². The molecule has 0 aliphatic heterocycles. The van der Waals surface area contributed by atoms with Crippen LogP contribution in [0.5, 0.6) is 11.5 Å². The number of amides is 1. The Kier molecular flexibility index (Phi) is 8.82. The minimum absolute atomic E-state index is 0.0279. The maximum atomic E-state index is 11.9. The van der Waals surface area contributed by atoms with Crippen molar-refractivity contribution in [1.82, 2.24) is 15.5 Å². The van der Waals surface area contributed by atoms with Crippen molar-refractivity contribution >= 4 is 11.9 Å². The Morgan fingerprint density at radius 2 is 1.79 bits per heavy atom. The van der Waals surface area contributed by atoms with Crippen molar-refractivity contribution in [3.05, 3.63) is 60.2 Å². The number of methoxy groups -OCH3 is 1. The summed E-state index contributed by atoms with van der Waals surface area (Å²) in [5.74, 6) is 2.01. The third kappa shape index (κ3) is 8.13. The van der Waals surface area contributed by atoms with Crippen molar-refractivity contribution < 1.29 is 14.3 Å². The highest BCUT2D eigenvalue weighted by Gasteiger charge is 2.09. The van der Waals surface area contributed by atoms with Crippen LogP contribution in [0.3, 0.4) is 0 Å². The Morgan fingerprint density at radius 1 is 1.07 bits per heavy atom. The number of hydrogen-bond donors (Lipinski definition) is 2. The van der Waals surface area contributed by atoms with Crippen molar-refractivity contribution in [3.63, 3.8) is 0 Å². The fourth-order valence-corrected chi connectivity index (χ4v) is 2.43. The summed E-state index contributed by atoms with van der Waals surface area (Å²) in [7, 11) is 5.07. The number of aliphatic imine (C=N–C) groups is 1. The largest absolute Gasteiger partial charge is 0.497 e. The average Bonchev–Trinajstić information content (AvgIpc) is 2.73. The van der Waals surface area contributed by atoms with Gasteiger partial charge < -0.3 is 25.0 Å². The van der Waals surface area contributed by atoms with Crippen LogP contribution in [0.25, 0.3) is 0 Å². The Hall–Kier alpha value is -3.22. The molecule has 0 bridgehead atoms. The molecule has 0 aliphatic rings. The molecule has 0 fully saturated rings. The maximum absolute atomic E-state index is 11.9. The molecule has 7 nitrogen and oxygen atoms in total. The van der Waals surface area contributed by atoms with E-state index in [1.165, 1.54) is 4.90 Å². The molecule has 2 N–H and O–H groups in total. The van der Waals surface area contributed by atoms with E-state index in [9.17, 15) is 4.79 Å². The molecular formula is C22H30N4O3. The SMILES string of the molecule is COc1cccc(OC(C)CNC(=NCc2ccccc2)NCC(=O)N(C)C)c1. The number of carbonyl (C=O) groups excluding carboxylic acids is 1. The van der Waals surface area contributed by atoms with E-state index < -0.39 is 0 Å². The summed E-state index contributed by atoms with van der Waals surface area (Å²) in [4.78, 5) is 18.0. The highest BCUT2D eigenvalue weighted by molar-refractivity contribution is 5.86. The predicted molar refractivity (Wildman–Crippen MR) is 115 cm³/mol. The third-order valence-corrected chi connectivity index (χ3v) is 4.10. The zero-order valence-electron chi connectivity index (χ0n) is 17.5. The van der Waals surface area contributed by atoms with E-state index in [1.54, 1.807) is 21.2 Å². The van der Waals surface area contributed by atoms with Gasteiger partial charge in [0.15, 0.2) is 5.96 Å². The molecule has 29 heavy (non-hydrogen) atoms. The van der Waals surface area contributed by atoms with Gasteiger partial charge in [0.25, 0.3) is 0 Å². The minimum Gasteiger partial charge on any atom is -0.497 e. The van der Waals surface area contributed by atoms with Crippen LogP contribution in [-0.2, 0) is 11.3 Å². The molecule has 1 amide bonds. The van der Waals surface area contributed by atoms with Crippen LogP contribution < -0.4 is 20.1 Å². The monoisotopic (exact) mass is 398 g/mol. The molecule has 7 heteroatoms. The molecular weight excluding hydrogens is 368 g/mol. The number of nitrogens with one attached hydrogen (secondary N) is 2. The summed E-state index contributed by atoms with van der Waals surface area (Å²) in [6.45, 7) is 3.16. The summed E-state index contributed by atoms with van der Waals surface area (Å²) in [5.41, 5.74) is 1.09. The molecule has 1 unspecified atom stereocenters. The lowest BCUT2D eigenvalue weighted by Crippen LogP contribution is -2.45. The number of ether oxygens (including phenoxy) is 2. The zero-order valence-corrected chi connectivity index (χ0v) is 17.5. The molecule has 0 radical (unpaired) electrons. The molecule has 0 saturated heterocycles. The first-order valence-electron chi connectivity index (χ1n) is 9.55. The van der Waals surface area contributed by atoms with Crippen LogP contribution >= 0.6 is 0 Å². The van der Waals surface area contributed by atoms with Gasteiger partial charge in [0, 0.05) is 20.2 Å². The van der Waals surface area contributed by atoms with Crippen molar-refractivity contribution in [2.45, 2.75) is 19.6 Å². The lowest BCUT2D eigenvalue weighted by molar-refractivity contribution is -0.127. The zero-order chi connectivity index (χ0) is 21.1. The summed E-state index contributed by atoms with van der Waals surface area (Å²) in [5, 5.41) is 6.33. The topological polar surface area (TPSA) is 75.2 Å². The Morgan fingerprint density at radius 3 is 2.48 bits per heavy atom. The summed E-state index contributed by atoms with van der Waals surface area (Å²) in [6.07, 6.45) is -0.115. The van der Waals surface area contributed by atoms with E-state index in [2.05, 4.69) is 15.6 Å². The molecule has 2 aromatic carbocycles. The summed E-state index contributed by atoms with van der Waals surface area (Å²) < 4.78 is 11.2. The van der Waals surface area contributed by atoms with Crippen LogP contribution in [0.4, 0.5) is 0 Å². The Balaban J connectivity index is 1.94. The number of rotatable bonds is 9. The van der Waals surface area contributed by atoms with Gasteiger partial charge in [-0.3, -0.25) is 4.79 Å². The fraction of sp³-hybridized carbons (Fsp3) is 0.364. The van der Waals surface area contributed by atoms with E-state index in [4.69, 9.17) is 9.47 Å². The van der Waals surface area contributed by atoms with Crippen LogP contribution in [0, 0.1) is 0 Å². The number of benzene rings is 2. The molecule has 0 heterocycles. The quantitative estimate of drug-likeness (QED) is 0.501. The third-order valence-electron chi connectivity index (χ3n) is 4.10. The molecule has 156 valence electrons. The number of likely N-dealkylation sites (N-methyl/N-ethyl adjacent to an activating group) is 1. The van der Waals surface area contributed by atoms with Crippen LogP contribution in [0.1, 0.15) is 12.5 Å². The molecule has 0 aromatic heterocycles. The van der Waals surface area contributed by atoms with Gasteiger partial charge in [0.05, 0.1) is 26.7 Å². The number of nitrogens with zero attached hydrogens (tertiary/aromatic N) is 2. The van der Waals surface area contributed by atoms with Gasteiger partial charge in [-0.2, -0.15) is 0 Å². The van der Waals surface area contributed by atoms with Gasteiger partial charge in [-0.1, -0.05) is 36.4 Å². The molecule has 0 saturated carbocycles. The second-order valence-electron chi connectivity index (χ2n) is 6.78. The average molecular weight is 399 g/mol. The first-order valence-corrected chi connectivity index (χ1v) is 9.55. The van der Waals surface area contributed by atoms with Gasteiger partial charge in [-0.25, -0.2) is 4.99 Å². The summed E-state index contributed by atoms with van der Waals surface area (Å²) in [6, 6.07) is 17.4. The predicted octanol–water partition coefficient (Wildman–Crippen LogP) is 2.29. The van der Waals surface area contributed by atoms with Gasteiger partial charge in [-0.15, -0.1) is 0 Å². The molecule has 2 aromatic rings. The number of hydrogen-bond acceptors (Lipinski definition) is 4. The van der Waals surface area contributed by atoms with Crippen molar-refractivity contribution in [2.24, 2.45) is 4.99 Å². The van der Waals surface area contributed by atoms with Crippen LogP contribution in [0.15, 0.2) is 59.6 Å². The molecule has 0 spiro atoms. The lowest BCUT2D eigenvalue weighted by Gasteiger charge is -2.19. The lowest BCUT2D eigenvalue weighted by atomic mass is 10.2. The standard InChI is InChI=1S/C22H30N4O3/c1-17(29-20-12-8-11-19(13-20)28-4)14-23-22(25-16-21(27)26(2)3)24-15-18-9-6-5-7-10-18/h5-13,17H,14-16H2,1-4H3,(H2,23,24,25). The summed E-state index contributed by atoms with van der Waals surface area (Å²) >= 11 is 0. The number of carbonyl (C=O) groups is 1.